The van der Waals surface area contributed by atoms with Crippen molar-refractivity contribution in [3.8, 4) is 0 Å². The Balaban J connectivity index is 1.40. The molecule has 1 atom stereocenters. The zero-order valence-corrected chi connectivity index (χ0v) is 15.9. The number of aromatic carboxylic acids is 1. The van der Waals surface area contributed by atoms with Gasteiger partial charge in [-0.25, -0.2) is 9.78 Å². The highest BCUT2D eigenvalue weighted by Crippen LogP contribution is 2.29. The van der Waals surface area contributed by atoms with Crippen LogP contribution in [0, 0.1) is 0 Å². The van der Waals surface area contributed by atoms with Crippen LogP contribution in [0.1, 0.15) is 32.0 Å². The van der Waals surface area contributed by atoms with Crippen LogP contribution < -0.4 is 5.32 Å². The molecule has 146 valence electrons. The minimum atomic E-state index is -1.17. The Morgan fingerprint density at radius 3 is 2.55 bits per heavy atom. The quantitative estimate of drug-likeness (QED) is 0.640. The van der Waals surface area contributed by atoms with Gasteiger partial charge in [-0.2, -0.15) is 0 Å². The van der Waals surface area contributed by atoms with Gasteiger partial charge in [0.1, 0.15) is 12.0 Å². The number of benzene rings is 2. The molecule has 0 radical (unpaired) electrons. The van der Waals surface area contributed by atoms with Crippen molar-refractivity contribution in [1.82, 2.24) is 4.98 Å². The number of nitrogens with one attached hydrogen (secondary N) is 1. The predicted octanol–water partition coefficient (Wildman–Crippen LogP) is 4.01. The Bertz CT molecular complexity index is 1080. The van der Waals surface area contributed by atoms with Crippen molar-refractivity contribution in [2.75, 3.05) is 5.32 Å². The fourth-order valence-corrected chi connectivity index (χ4v) is 3.52. The minimum absolute atomic E-state index is 0.0687. The first-order valence-corrected chi connectivity index (χ1v) is 9.64. The number of carboxylic acids is 1. The van der Waals surface area contributed by atoms with E-state index in [1.165, 1.54) is 29.7 Å². The van der Waals surface area contributed by atoms with E-state index in [1.807, 2.05) is 30.3 Å². The van der Waals surface area contributed by atoms with Crippen molar-refractivity contribution in [2.45, 2.75) is 12.7 Å². The summed E-state index contributed by atoms with van der Waals surface area (Å²) >= 11 is 1.21. The number of nitrogens with zero attached hydrogens (tertiary/aromatic N) is 1. The Morgan fingerprint density at radius 1 is 1.07 bits per heavy atom. The lowest BCUT2D eigenvalue weighted by atomic mass is 10.1. The van der Waals surface area contributed by atoms with Crippen LogP contribution in [0.2, 0.25) is 0 Å². The predicted molar refractivity (Wildman–Crippen MR) is 108 cm³/mol. The van der Waals surface area contributed by atoms with Gasteiger partial charge < -0.3 is 14.6 Å². The molecule has 2 heterocycles. The van der Waals surface area contributed by atoms with Gasteiger partial charge in [0, 0.05) is 11.8 Å². The van der Waals surface area contributed by atoms with Gasteiger partial charge in [-0.05, 0) is 17.7 Å². The van der Waals surface area contributed by atoms with Crippen LogP contribution in [-0.4, -0.2) is 28.3 Å². The molecular weight excluding hydrogens is 392 g/mol. The van der Waals surface area contributed by atoms with E-state index in [9.17, 15) is 14.7 Å². The first kappa shape index (κ1) is 18.7. The summed E-state index contributed by atoms with van der Waals surface area (Å²) in [6.45, 7) is 0. The summed E-state index contributed by atoms with van der Waals surface area (Å²) in [6.07, 6.45) is 1.67. The zero-order chi connectivity index (χ0) is 20.2. The van der Waals surface area contributed by atoms with E-state index >= 15 is 0 Å². The molecule has 29 heavy (non-hydrogen) atoms. The molecule has 1 amide bonds. The standard InChI is InChI=1S/C21H16N2O5S/c24-19(14-8-4-5-9-15(14)20(25)26)23-21-22-16(12-29-21)17-11-27-18(28-17)10-13-6-2-1-3-7-13/h1-9,11-12,18H,10H2,(H,25,26)(H,22,23,24). The van der Waals surface area contributed by atoms with Crippen molar-refractivity contribution < 1.29 is 24.2 Å². The Hall–Kier alpha value is -3.65. The Labute approximate surface area is 170 Å². The van der Waals surface area contributed by atoms with E-state index in [4.69, 9.17) is 9.47 Å². The Kier molecular flexibility index (Phi) is 5.26. The van der Waals surface area contributed by atoms with Gasteiger partial charge in [0.25, 0.3) is 5.91 Å². The maximum absolute atomic E-state index is 12.4. The minimum Gasteiger partial charge on any atom is -0.478 e. The fraction of sp³-hybridized carbons (Fsp3) is 0.0952. The maximum Gasteiger partial charge on any atom is 0.336 e. The number of carboxylic acid groups (broad SMARTS) is 1. The van der Waals surface area contributed by atoms with Crippen LogP contribution in [0.3, 0.4) is 0 Å². The van der Waals surface area contributed by atoms with Crippen LogP contribution in [0.5, 0.6) is 0 Å². The molecule has 8 heteroatoms. The molecular formula is C21H16N2O5S. The summed E-state index contributed by atoms with van der Waals surface area (Å²) in [5.41, 5.74) is 1.63. The van der Waals surface area contributed by atoms with Crippen LogP contribution in [0.15, 0.2) is 66.2 Å². The number of rotatable bonds is 6. The van der Waals surface area contributed by atoms with E-state index in [0.29, 0.717) is 23.0 Å². The summed E-state index contributed by atoms with van der Waals surface area (Å²) in [5.74, 6) is -1.22. The van der Waals surface area contributed by atoms with E-state index in [0.717, 1.165) is 5.56 Å². The SMILES string of the molecule is O=C(O)c1ccccc1C(=O)Nc1nc(C2=COC(Cc3ccccc3)O2)cs1. The molecule has 1 aliphatic rings. The van der Waals surface area contributed by atoms with Crippen molar-refractivity contribution in [3.05, 3.63) is 88.6 Å². The molecule has 0 aliphatic carbocycles. The Morgan fingerprint density at radius 2 is 1.79 bits per heavy atom. The van der Waals surface area contributed by atoms with Crippen molar-refractivity contribution in [3.63, 3.8) is 0 Å². The van der Waals surface area contributed by atoms with Crippen molar-refractivity contribution in [1.29, 1.82) is 0 Å². The lowest BCUT2D eigenvalue weighted by molar-refractivity contribution is -0.0137. The number of carbonyl (C=O) groups is 2. The molecule has 2 N–H and O–H groups in total. The summed E-state index contributed by atoms with van der Waals surface area (Å²) in [6, 6.07) is 15.9. The molecule has 0 saturated carbocycles. The van der Waals surface area contributed by atoms with E-state index in [1.54, 1.807) is 17.5 Å². The molecule has 0 fully saturated rings. The largest absolute Gasteiger partial charge is 0.478 e. The molecule has 1 aromatic heterocycles. The highest BCUT2D eigenvalue weighted by molar-refractivity contribution is 7.14. The third-order valence-corrected chi connectivity index (χ3v) is 4.97. The number of thiazole rings is 1. The lowest BCUT2D eigenvalue weighted by Gasteiger charge is -2.11. The smallest absolute Gasteiger partial charge is 0.336 e. The second-order valence-electron chi connectivity index (χ2n) is 6.20. The molecule has 0 spiro atoms. The lowest BCUT2D eigenvalue weighted by Crippen LogP contribution is -2.16. The maximum atomic E-state index is 12.4. The normalized spacial score (nSPS) is 15.2. The fourth-order valence-electron chi connectivity index (χ4n) is 2.83. The molecule has 4 rings (SSSR count). The molecule has 0 bridgehead atoms. The highest BCUT2D eigenvalue weighted by atomic mass is 32.1. The number of hydrogen-bond acceptors (Lipinski definition) is 6. The van der Waals surface area contributed by atoms with Gasteiger partial charge in [0.15, 0.2) is 10.9 Å². The number of ether oxygens (including phenoxy) is 2. The van der Waals surface area contributed by atoms with Crippen LogP contribution in [0.4, 0.5) is 5.13 Å². The van der Waals surface area contributed by atoms with Crippen LogP contribution >= 0.6 is 11.3 Å². The number of aromatic nitrogens is 1. The summed E-state index contributed by atoms with van der Waals surface area (Å²) in [5, 5.41) is 13.9. The van der Waals surface area contributed by atoms with Gasteiger partial charge in [-0.15, -0.1) is 11.3 Å². The number of hydrogen-bond donors (Lipinski definition) is 2. The molecule has 7 nitrogen and oxygen atoms in total. The highest BCUT2D eigenvalue weighted by Gasteiger charge is 2.23. The average molecular weight is 408 g/mol. The molecule has 1 unspecified atom stereocenters. The third kappa shape index (κ3) is 4.27. The molecule has 1 aliphatic heterocycles. The van der Waals surface area contributed by atoms with Gasteiger partial charge in [-0.1, -0.05) is 42.5 Å². The summed E-state index contributed by atoms with van der Waals surface area (Å²) in [4.78, 5) is 28.1. The van der Waals surface area contributed by atoms with E-state index in [-0.39, 0.29) is 11.1 Å². The third-order valence-electron chi connectivity index (χ3n) is 4.21. The van der Waals surface area contributed by atoms with Crippen molar-refractivity contribution in [2.24, 2.45) is 0 Å². The van der Waals surface area contributed by atoms with Gasteiger partial charge in [0.05, 0.1) is 11.1 Å². The second-order valence-corrected chi connectivity index (χ2v) is 7.06. The van der Waals surface area contributed by atoms with Gasteiger partial charge in [-0.3, -0.25) is 10.1 Å². The number of anilines is 1. The van der Waals surface area contributed by atoms with Crippen LogP contribution in [0.25, 0.3) is 5.76 Å². The second kappa shape index (κ2) is 8.15. The van der Waals surface area contributed by atoms with E-state index < -0.39 is 18.2 Å². The molecule has 0 saturated heterocycles. The monoisotopic (exact) mass is 408 g/mol. The zero-order valence-electron chi connectivity index (χ0n) is 15.1. The average Bonchev–Trinajstić information content (AvgIpc) is 3.38. The van der Waals surface area contributed by atoms with Gasteiger partial charge in [0.2, 0.25) is 6.29 Å². The summed E-state index contributed by atoms with van der Waals surface area (Å²) < 4.78 is 11.4. The van der Waals surface area contributed by atoms with Crippen LogP contribution in [-0.2, 0) is 15.9 Å². The summed E-state index contributed by atoms with van der Waals surface area (Å²) in [7, 11) is 0. The topological polar surface area (TPSA) is 97.8 Å². The van der Waals surface area contributed by atoms with E-state index in [2.05, 4.69) is 10.3 Å². The number of carbonyl (C=O) groups excluding carboxylic acids is 1. The molecule has 2 aromatic carbocycles. The van der Waals surface area contributed by atoms with Crippen molar-refractivity contribution >= 4 is 34.1 Å². The number of amides is 1. The van der Waals surface area contributed by atoms with Gasteiger partial charge >= 0.3 is 5.97 Å². The first-order valence-electron chi connectivity index (χ1n) is 8.76. The first-order chi connectivity index (χ1) is 14.1. The molecule has 3 aromatic rings.